The van der Waals surface area contributed by atoms with E-state index in [1.54, 1.807) is 4.90 Å². The van der Waals surface area contributed by atoms with E-state index in [1.807, 2.05) is 30.3 Å². The number of nitrogens with one attached hydrogen (secondary N) is 3. The highest BCUT2D eigenvalue weighted by molar-refractivity contribution is 5.88. The second-order valence-corrected chi connectivity index (χ2v) is 5.09. The van der Waals surface area contributed by atoms with Crippen LogP contribution >= 0.6 is 0 Å². The summed E-state index contributed by atoms with van der Waals surface area (Å²) < 4.78 is 0. The molecule has 1 aromatic heterocycles. The van der Waals surface area contributed by atoms with Crippen molar-refractivity contribution in [1.82, 2.24) is 25.4 Å². The minimum Gasteiger partial charge on any atom is -0.336 e. The summed E-state index contributed by atoms with van der Waals surface area (Å²) in [5, 5.41) is 11.5. The van der Waals surface area contributed by atoms with Crippen molar-refractivity contribution in [2.45, 2.75) is 19.0 Å². The molecule has 1 unspecified atom stereocenters. The first-order valence-electron chi connectivity index (χ1n) is 6.95. The Kier molecular flexibility index (Phi) is 3.99. The smallest absolute Gasteiger partial charge is 0.321 e. The number of amides is 3. The minimum absolute atomic E-state index is 0.0359. The largest absolute Gasteiger partial charge is 0.336 e. The number of carbonyl (C=O) groups is 2. The average Bonchev–Trinajstić information content (AvgIpc) is 3.11. The van der Waals surface area contributed by atoms with Gasteiger partial charge < -0.3 is 10.2 Å². The summed E-state index contributed by atoms with van der Waals surface area (Å²) in [6.45, 7) is 1.05. The Hall–Kier alpha value is -2.90. The molecule has 114 valence electrons. The zero-order chi connectivity index (χ0) is 15.4. The predicted molar refractivity (Wildman–Crippen MR) is 78.8 cm³/mol. The number of urea groups is 1. The highest BCUT2D eigenvalue weighted by Crippen LogP contribution is 2.15. The Morgan fingerprint density at radius 1 is 1.36 bits per heavy atom. The SMILES string of the molecule is O=C(Nc1ncn[nH]1)NC1CC(=O)N(Cc2ccccc2)C1. The Morgan fingerprint density at radius 3 is 2.91 bits per heavy atom. The first kappa shape index (κ1) is 14.1. The third-order valence-electron chi connectivity index (χ3n) is 3.41. The van der Waals surface area contributed by atoms with Gasteiger partial charge in [-0.1, -0.05) is 30.3 Å². The minimum atomic E-state index is -0.406. The molecule has 8 heteroatoms. The maximum atomic E-state index is 12.0. The van der Waals surface area contributed by atoms with Crippen molar-refractivity contribution in [2.24, 2.45) is 0 Å². The van der Waals surface area contributed by atoms with Crippen LogP contribution in [0, 0.1) is 0 Å². The Morgan fingerprint density at radius 2 is 2.18 bits per heavy atom. The Bertz CT molecular complexity index is 643. The van der Waals surface area contributed by atoms with Crippen molar-refractivity contribution in [1.29, 1.82) is 0 Å². The van der Waals surface area contributed by atoms with Crippen molar-refractivity contribution in [3.63, 3.8) is 0 Å². The Balaban J connectivity index is 1.52. The number of carbonyl (C=O) groups excluding carboxylic acids is 2. The van der Waals surface area contributed by atoms with Gasteiger partial charge in [0.1, 0.15) is 6.33 Å². The van der Waals surface area contributed by atoms with Gasteiger partial charge in [0, 0.05) is 19.5 Å². The third kappa shape index (κ3) is 3.40. The van der Waals surface area contributed by atoms with Crippen LogP contribution in [0.1, 0.15) is 12.0 Å². The van der Waals surface area contributed by atoms with Crippen LogP contribution in [0.2, 0.25) is 0 Å². The molecule has 1 aliphatic heterocycles. The van der Waals surface area contributed by atoms with Crippen LogP contribution in [0.4, 0.5) is 10.7 Å². The van der Waals surface area contributed by atoms with E-state index in [0.29, 0.717) is 19.5 Å². The van der Waals surface area contributed by atoms with E-state index in [4.69, 9.17) is 0 Å². The molecule has 0 saturated carbocycles. The lowest BCUT2D eigenvalue weighted by atomic mass is 10.2. The summed E-state index contributed by atoms with van der Waals surface area (Å²) in [5.74, 6) is 0.303. The van der Waals surface area contributed by atoms with Crippen LogP contribution < -0.4 is 10.6 Å². The van der Waals surface area contributed by atoms with Crippen LogP contribution in [0.3, 0.4) is 0 Å². The summed E-state index contributed by atoms with van der Waals surface area (Å²) in [6, 6.07) is 9.16. The fourth-order valence-corrected chi connectivity index (χ4v) is 2.42. The van der Waals surface area contributed by atoms with E-state index < -0.39 is 6.03 Å². The van der Waals surface area contributed by atoms with E-state index in [2.05, 4.69) is 25.8 Å². The van der Waals surface area contributed by atoms with Crippen molar-refractivity contribution in [2.75, 3.05) is 11.9 Å². The lowest BCUT2D eigenvalue weighted by Crippen LogP contribution is -2.39. The molecule has 0 bridgehead atoms. The molecular formula is C14H16N6O2. The van der Waals surface area contributed by atoms with Gasteiger partial charge in [-0.2, -0.15) is 10.1 Å². The number of hydrogen-bond donors (Lipinski definition) is 3. The van der Waals surface area contributed by atoms with E-state index in [-0.39, 0.29) is 17.9 Å². The first-order chi connectivity index (χ1) is 10.7. The van der Waals surface area contributed by atoms with Gasteiger partial charge in [0.05, 0.1) is 6.04 Å². The third-order valence-corrected chi connectivity index (χ3v) is 3.41. The summed E-state index contributed by atoms with van der Waals surface area (Å²) in [5.41, 5.74) is 1.07. The molecule has 2 heterocycles. The molecule has 1 fully saturated rings. The normalized spacial score (nSPS) is 17.5. The van der Waals surface area contributed by atoms with Crippen molar-refractivity contribution in [3.05, 3.63) is 42.2 Å². The van der Waals surface area contributed by atoms with Gasteiger partial charge in [0.15, 0.2) is 0 Å². The van der Waals surface area contributed by atoms with E-state index >= 15 is 0 Å². The van der Waals surface area contributed by atoms with Gasteiger partial charge >= 0.3 is 6.03 Å². The lowest BCUT2D eigenvalue weighted by molar-refractivity contribution is -0.128. The number of H-pyrrole nitrogens is 1. The van der Waals surface area contributed by atoms with Gasteiger partial charge in [-0.25, -0.2) is 9.89 Å². The number of anilines is 1. The van der Waals surface area contributed by atoms with Crippen LogP contribution in [0.25, 0.3) is 0 Å². The molecule has 8 nitrogen and oxygen atoms in total. The van der Waals surface area contributed by atoms with Crippen LogP contribution in [0.5, 0.6) is 0 Å². The molecule has 0 aliphatic carbocycles. The number of benzene rings is 1. The topological polar surface area (TPSA) is 103 Å². The quantitative estimate of drug-likeness (QED) is 0.774. The molecule has 3 N–H and O–H groups in total. The number of aromatic amines is 1. The predicted octanol–water partition coefficient (Wildman–Crippen LogP) is 0.727. The molecule has 3 rings (SSSR count). The molecule has 22 heavy (non-hydrogen) atoms. The maximum Gasteiger partial charge on any atom is 0.321 e. The monoisotopic (exact) mass is 300 g/mol. The van der Waals surface area contributed by atoms with Gasteiger partial charge in [-0.15, -0.1) is 0 Å². The molecule has 1 aliphatic rings. The number of likely N-dealkylation sites (tertiary alicyclic amines) is 1. The van der Waals surface area contributed by atoms with Crippen LogP contribution in [-0.2, 0) is 11.3 Å². The zero-order valence-corrected chi connectivity index (χ0v) is 11.8. The van der Waals surface area contributed by atoms with Crippen LogP contribution in [0.15, 0.2) is 36.7 Å². The highest BCUT2D eigenvalue weighted by Gasteiger charge is 2.30. The van der Waals surface area contributed by atoms with E-state index in [9.17, 15) is 9.59 Å². The van der Waals surface area contributed by atoms with Gasteiger partial charge in [0.25, 0.3) is 0 Å². The van der Waals surface area contributed by atoms with E-state index in [0.717, 1.165) is 5.56 Å². The van der Waals surface area contributed by atoms with Crippen LogP contribution in [-0.4, -0.2) is 44.6 Å². The Labute approximate surface area is 126 Å². The lowest BCUT2D eigenvalue weighted by Gasteiger charge is -2.17. The van der Waals surface area contributed by atoms with Gasteiger partial charge in [0.2, 0.25) is 11.9 Å². The standard InChI is InChI=1S/C14H16N6O2/c21-12-6-11(17-14(22)18-13-15-9-16-19-13)8-20(12)7-10-4-2-1-3-5-10/h1-5,9,11H,6-8H2,(H3,15,16,17,18,19,22). The summed E-state index contributed by atoms with van der Waals surface area (Å²) in [6.07, 6.45) is 1.60. The first-order valence-corrected chi connectivity index (χ1v) is 6.95. The fourth-order valence-electron chi connectivity index (χ4n) is 2.42. The van der Waals surface area contributed by atoms with Gasteiger partial charge in [-0.3, -0.25) is 10.1 Å². The molecular weight excluding hydrogens is 284 g/mol. The summed E-state index contributed by atoms with van der Waals surface area (Å²) >= 11 is 0. The molecule has 1 aromatic carbocycles. The molecule has 3 amide bonds. The van der Waals surface area contributed by atoms with Gasteiger partial charge in [-0.05, 0) is 5.56 Å². The molecule has 2 aromatic rings. The molecule has 1 atom stereocenters. The van der Waals surface area contributed by atoms with Crippen molar-refractivity contribution in [3.8, 4) is 0 Å². The maximum absolute atomic E-state index is 12.0. The summed E-state index contributed by atoms with van der Waals surface area (Å²) in [7, 11) is 0. The second-order valence-electron chi connectivity index (χ2n) is 5.09. The number of rotatable bonds is 4. The second kappa shape index (κ2) is 6.25. The molecule has 1 saturated heterocycles. The fraction of sp³-hybridized carbons (Fsp3) is 0.286. The molecule has 0 spiro atoms. The zero-order valence-electron chi connectivity index (χ0n) is 11.8. The molecule has 0 radical (unpaired) electrons. The summed E-state index contributed by atoms with van der Waals surface area (Å²) in [4.78, 5) is 29.4. The van der Waals surface area contributed by atoms with Crippen molar-refractivity contribution < 1.29 is 9.59 Å². The average molecular weight is 300 g/mol. The highest BCUT2D eigenvalue weighted by atomic mass is 16.2. The van der Waals surface area contributed by atoms with Crippen molar-refractivity contribution >= 4 is 17.9 Å². The number of hydrogen-bond acceptors (Lipinski definition) is 4. The van der Waals surface area contributed by atoms with E-state index in [1.165, 1.54) is 6.33 Å². The number of nitrogens with zero attached hydrogens (tertiary/aromatic N) is 3. The number of aromatic nitrogens is 3.